The summed E-state index contributed by atoms with van der Waals surface area (Å²) in [5.41, 5.74) is 3.22. The minimum absolute atomic E-state index is 0.299. The van der Waals surface area contributed by atoms with E-state index in [1.165, 1.54) is 18.0 Å². The zero-order valence-corrected chi connectivity index (χ0v) is 20.1. The van der Waals surface area contributed by atoms with Crippen LogP contribution in [0.2, 0.25) is 0 Å². The number of ether oxygens (including phenoxy) is 2. The Morgan fingerprint density at radius 2 is 1.94 bits per heavy atom. The minimum atomic E-state index is -3.47. The van der Waals surface area contributed by atoms with E-state index in [0.717, 1.165) is 23.1 Å². The Hall–Kier alpha value is -3.73. The molecule has 4 rings (SSSR count). The average molecular weight is 484 g/mol. The van der Waals surface area contributed by atoms with Crippen molar-refractivity contribution in [3.05, 3.63) is 64.7 Å². The standard InChI is InChI=1S/C23H25N5O5S/c1-5-33-21-9-15(6-7-20(21)32-3)19(12-34(4,30)31)28-22-18(27-23(28)29)8-16(10-25-22)17-11-24-13-26-14(17)2/h6-11,13,19H,5,12H2,1-4H3,(H,27,29)/t19-/m0/s1. The van der Waals surface area contributed by atoms with Crippen LogP contribution in [0.15, 0.2) is 47.8 Å². The van der Waals surface area contributed by atoms with Crippen LogP contribution in [0.4, 0.5) is 0 Å². The van der Waals surface area contributed by atoms with Gasteiger partial charge in [-0.05, 0) is 37.6 Å². The van der Waals surface area contributed by atoms with Crippen molar-refractivity contribution in [2.45, 2.75) is 19.9 Å². The van der Waals surface area contributed by atoms with E-state index in [1.807, 2.05) is 13.8 Å². The molecule has 0 aliphatic carbocycles. The Labute approximate surface area is 196 Å². The lowest BCUT2D eigenvalue weighted by Crippen LogP contribution is -2.28. The molecule has 3 heterocycles. The lowest BCUT2D eigenvalue weighted by atomic mass is 10.1. The number of imidazole rings is 1. The lowest BCUT2D eigenvalue weighted by molar-refractivity contribution is 0.310. The summed E-state index contributed by atoms with van der Waals surface area (Å²) >= 11 is 0. The van der Waals surface area contributed by atoms with Crippen LogP contribution in [-0.2, 0) is 9.84 Å². The Morgan fingerprint density at radius 3 is 2.62 bits per heavy atom. The summed E-state index contributed by atoms with van der Waals surface area (Å²) in [6, 6.07) is 6.06. The molecule has 0 bridgehead atoms. The molecule has 0 radical (unpaired) electrons. The van der Waals surface area contributed by atoms with Gasteiger partial charge in [-0.1, -0.05) is 6.07 Å². The third kappa shape index (κ3) is 4.65. The molecule has 0 spiro atoms. The molecule has 1 atom stereocenters. The van der Waals surface area contributed by atoms with Crippen molar-refractivity contribution in [2.24, 2.45) is 0 Å². The van der Waals surface area contributed by atoms with Gasteiger partial charge in [-0.2, -0.15) is 0 Å². The number of methoxy groups -OCH3 is 1. The quantitative estimate of drug-likeness (QED) is 0.405. The molecule has 0 saturated carbocycles. The second-order valence-corrected chi connectivity index (χ2v) is 10.1. The van der Waals surface area contributed by atoms with E-state index in [9.17, 15) is 13.2 Å². The fourth-order valence-electron chi connectivity index (χ4n) is 3.90. The molecule has 0 aliphatic heterocycles. The fourth-order valence-corrected chi connectivity index (χ4v) is 4.81. The summed E-state index contributed by atoms with van der Waals surface area (Å²) < 4.78 is 37.1. The van der Waals surface area contributed by atoms with E-state index >= 15 is 0 Å². The van der Waals surface area contributed by atoms with E-state index in [1.54, 1.807) is 36.7 Å². The summed E-state index contributed by atoms with van der Waals surface area (Å²) in [5.74, 6) is 0.675. The van der Waals surface area contributed by atoms with E-state index in [2.05, 4.69) is 19.9 Å². The SMILES string of the molecule is CCOc1cc([C@H](CS(C)(=O)=O)n2c(=O)[nH]c3cc(-c4cncnc4C)cnc32)ccc1OC. The summed E-state index contributed by atoms with van der Waals surface area (Å²) in [7, 11) is -1.95. The predicted octanol–water partition coefficient (Wildman–Crippen LogP) is 2.53. The number of pyridine rings is 1. The van der Waals surface area contributed by atoms with E-state index in [-0.39, 0.29) is 5.75 Å². The monoisotopic (exact) mass is 483 g/mol. The molecule has 3 aromatic heterocycles. The van der Waals surface area contributed by atoms with E-state index < -0.39 is 21.6 Å². The van der Waals surface area contributed by atoms with Gasteiger partial charge in [-0.15, -0.1) is 0 Å². The van der Waals surface area contributed by atoms with Gasteiger partial charge in [-0.3, -0.25) is 4.57 Å². The molecular weight excluding hydrogens is 458 g/mol. The number of fused-ring (bicyclic) bond motifs is 1. The van der Waals surface area contributed by atoms with Crippen molar-refractivity contribution >= 4 is 21.0 Å². The van der Waals surface area contributed by atoms with Crippen LogP contribution in [0.25, 0.3) is 22.3 Å². The van der Waals surface area contributed by atoms with Crippen LogP contribution in [0, 0.1) is 6.92 Å². The number of rotatable bonds is 8. The highest BCUT2D eigenvalue weighted by Crippen LogP contribution is 2.33. The summed E-state index contributed by atoms with van der Waals surface area (Å²) in [4.78, 5) is 28.7. The van der Waals surface area contributed by atoms with Gasteiger partial charge in [-0.25, -0.2) is 28.2 Å². The summed E-state index contributed by atoms with van der Waals surface area (Å²) in [5, 5.41) is 0. The number of nitrogens with one attached hydrogen (secondary N) is 1. The first kappa shape index (κ1) is 23.4. The van der Waals surface area contributed by atoms with Crippen LogP contribution < -0.4 is 15.2 Å². The molecular formula is C23H25N5O5S. The average Bonchev–Trinajstić information content (AvgIpc) is 3.12. The number of aryl methyl sites for hydroxylation is 1. The lowest BCUT2D eigenvalue weighted by Gasteiger charge is -2.20. The molecule has 0 fully saturated rings. The Bertz CT molecular complexity index is 1510. The van der Waals surface area contributed by atoms with Crippen molar-refractivity contribution < 1.29 is 17.9 Å². The first-order chi connectivity index (χ1) is 16.2. The highest BCUT2D eigenvalue weighted by molar-refractivity contribution is 7.90. The molecule has 0 unspecified atom stereocenters. The number of aromatic amines is 1. The van der Waals surface area contributed by atoms with Crippen molar-refractivity contribution in [3.8, 4) is 22.6 Å². The van der Waals surface area contributed by atoms with Crippen molar-refractivity contribution in [3.63, 3.8) is 0 Å². The number of sulfone groups is 1. The number of nitrogens with zero attached hydrogens (tertiary/aromatic N) is 4. The highest BCUT2D eigenvalue weighted by atomic mass is 32.2. The molecule has 178 valence electrons. The molecule has 0 aliphatic rings. The predicted molar refractivity (Wildman–Crippen MR) is 128 cm³/mol. The maximum atomic E-state index is 13.1. The normalized spacial score (nSPS) is 12.6. The zero-order chi connectivity index (χ0) is 24.5. The van der Waals surface area contributed by atoms with Gasteiger partial charge in [0.15, 0.2) is 17.1 Å². The second-order valence-electron chi connectivity index (χ2n) is 7.87. The number of H-pyrrole nitrogens is 1. The molecule has 1 aromatic carbocycles. The van der Waals surface area contributed by atoms with Gasteiger partial charge >= 0.3 is 5.69 Å². The van der Waals surface area contributed by atoms with Gasteiger partial charge in [0.1, 0.15) is 16.2 Å². The topological polar surface area (TPSA) is 129 Å². The van der Waals surface area contributed by atoms with Crippen LogP contribution in [0.5, 0.6) is 11.5 Å². The largest absolute Gasteiger partial charge is 0.493 e. The van der Waals surface area contributed by atoms with Crippen LogP contribution in [0.3, 0.4) is 0 Å². The maximum absolute atomic E-state index is 13.1. The maximum Gasteiger partial charge on any atom is 0.328 e. The van der Waals surface area contributed by atoms with E-state index in [4.69, 9.17) is 9.47 Å². The van der Waals surface area contributed by atoms with Gasteiger partial charge < -0.3 is 14.5 Å². The first-order valence-electron chi connectivity index (χ1n) is 10.6. The smallest absolute Gasteiger partial charge is 0.328 e. The second kappa shape index (κ2) is 9.26. The van der Waals surface area contributed by atoms with Crippen molar-refractivity contribution in [1.29, 1.82) is 0 Å². The van der Waals surface area contributed by atoms with Crippen LogP contribution in [0.1, 0.15) is 24.2 Å². The van der Waals surface area contributed by atoms with Crippen LogP contribution in [-0.4, -0.2) is 58.6 Å². The molecule has 34 heavy (non-hydrogen) atoms. The Balaban J connectivity index is 1.89. The van der Waals surface area contributed by atoms with Crippen LogP contribution >= 0.6 is 0 Å². The fraction of sp³-hybridized carbons (Fsp3) is 0.304. The number of aromatic nitrogens is 5. The number of hydrogen-bond donors (Lipinski definition) is 1. The third-order valence-electron chi connectivity index (χ3n) is 5.42. The minimum Gasteiger partial charge on any atom is -0.493 e. The van der Waals surface area contributed by atoms with E-state index in [0.29, 0.717) is 34.8 Å². The van der Waals surface area contributed by atoms with Gasteiger partial charge in [0.05, 0.1) is 31.0 Å². The molecule has 0 saturated heterocycles. The molecule has 11 heteroatoms. The molecule has 0 amide bonds. The molecule has 4 aromatic rings. The third-order valence-corrected chi connectivity index (χ3v) is 6.34. The van der Waals surface area contributed by atoms with Gasteiger partial charge in [0.2, 0.25) is 0 Å². The molecule has 10 nitrogen and oxygen atoms in total. The summed E-state index contributed by atoms with van der Waals surface area (Å²) in [6.45, 7) is 4.10. The Morgan fingerprint density at radius 1 is 1.15 bits per heavy atom. The van der Waals surface area contributed by atoms with Crippen molar-refractivity contribution in [1.82, 2.24) is 24.5 Å². The molecule has 1 N–H and O–H groups in total. The van der Waals surface area contributed by atoms with Gasteiger partial charge in [0.25, 0.3) is 0 Å². The number of benzene rings is 1. The zero-order valence-electron chi connectivity index (χ0n) is 19.3. The van der Waals surface area contributed by atoms with Crippen molar-refractivity contribution in [2.75, 3.05) is 25.7 Å². The van der Waals surface area contributed by atoms with Gasteiger partial charge in [0, 0.05) is 35.5 Å². The first-order valence-corrected chi connectivity index (χ1v) is 12.6. The number of hydrogen-bond acceptors (Lipinski definition) is 8. The Kier molecular flexibility index (Phi) is 6.38. The highest BCUT2D eigenvalue weighted by Gasteiger charge is 2.26. The summed E-state index contributed by atoms with van der Waals surface area (Å²) in [6.07, 6.45) is 5.90.